The highest BCUT2D eigenvalue weighted by atomic mass is 35.5. The second-order valence-electron chi connectivity index (χ2n) is 4.11. The molecule has 1 unspecified atom stereocenters. The normalized spacial score (nSPS) is 13.2. The van der Waals surface area contributed by atoms with E-state index in [1.54, 1.807) is 0 Å². The van der Waals surface area contributed by atoms with Crippen molar-refractivity contribution in [2.75, 3.05) is 6.54 Å². The average Bonchev–Trinajstić information content (AvgIpc) is 2.14. The first-order valence-electron chi connectivity index (χ1n) is 5.26. The Balaban J connectivity index is 2.91. The summed E-state index contributed by atoms with van der Waals surface area (Å²) in [6.07, 6.45) is 0. The molecule has 3 heteroatoms. The lowest BCUT2D eigenvalue weighted by Crippen LogP contribution is -2.33. The van der Waals surface area contributed by atoms with Crippen LogP contribution in [-0.4, -0.2) is 12.6 Å². The molecule has 0 saturated heterocycles. The van der Waals surface area contributed by atoms with Gasteiger partial charge < -0.3 is 11.1 Å². The maximum Gasteiger partial charge on any atom is 0.0449 e. The summed E-state index contributed by atoms with van der Waals surface area (Å²) in [4.78, 5) is 0. The third kappa shape index (κ3) is 3.49. The number of benzene rings is 1. The fraction of sp³-hybridized carbons (Fsp3) is 0.500. The molecule has 15 heavy (non-hydrogen) atoms. The van der Waals surface area contributed by atoms with Crippen LogP contribution in [0.15, 0.2) is 18.2 Å². The summed E-state index contributed by atoms with van der Waals surface area (Å²) in [6, 6.07) is 6.57. The van der Waals surface area contributed by atoms with Crippen molar-refractivity contribution in [2.45, 2.75) is 32.9 Å². The highest BCUT2D eigenvalue weighted by molar-refractivity contribution is 6.30. The van der Waals surface area contributed by atoms with E-state index in [1.807, 2.05) is 18.2 Å². The van der Waals surface area contributed by atoms with Gasteiger partial charge in [-0.15, -0.1) is 0 Å². The molecule has 1 rings (SSSR count). The molecule has 3 N–H and O–H groups in total. The molecule has 2 nitrogen and oxygen atoms in total. The summed E-state index contributed by atoms with van der Waals surface area (Å²) in [6.45, 7) is 6.90. The highest BCUT2D eigenvalue weighted by Crippen LogP contribution is 2.21. The quantitative estimate of drug-likeness (QED) is 0.829. The fourth-order valence-corrected chi connectivity index (χ4v) is 1.94. The maximum atomic E-state index is 5.92. The van der Waals surface area contributed by atoms with Crippen molar-refractivity contribution in [1.29, 1.82) is 0 Å². The zero-order valence-corrected chi connectivity index (χ0v) is 10.3. The van der Waals surface area contributed by atoms with E-state index in [2.05, 4.69) is 26.1 Å². The van der Waals surface area contributed by atoms with Crippen LogP contribution in [0, 0.1) is 6.92 Å². The summed E-state index contributed by atoms with van der Waals surface area (Å²) in [5.74, 6) is 0. The van der Waals surface area contributed by atoms with Gasteiger partial charge in [0.15, 0.2) is 0 Å². The molecule has 0 bridgehead atoms. The third-order valence-electron chi connectivity index (χ3n) is 2.38. The SMILES string of the molecule is Cc1cc(Cl)ccc1C(CN)NC(C)C. The zero-order chi connectivity index (χ0) is 11.4. The summed E-state index contributed by atoms with van der Waals surface area (Å²) in [7, 11) is 0. The molecule has 1 aromatic rings. The van der Waals surface area contributed by atoms with Crippen LogP contribution in [-0.2, 0) is 0 Å². The van der Waals surface area contributed by atoms with Crippen LogP contribution in [0.5, 0.6) is 0 Å². The Morgan fingerprint density at radius 2 is 2.07 bits per heavy atom. The maximum absolute atomic E-state index is 5.92. The van der Waals surface area contributed by atoms with Crippen LogP contribution >= 0.6 is 11.6 Å². The lowest BCUT2D eigenvalue weighted by Gasteiger charge is -2.21. The lowest BCUT2D eigenvalue weighted by molar-refractivity contribution is 0.482. The fourth-order valence-electron chi connectivity index (χ4n) is 1.72. The molecule has 0 aliphatic rings. The Bertz CT molecular complexity index is 323. The van der Waals surface area contributed by atoms with Gasteiger partial charge in [0.1, 0.15) is 0 Å². The van der Waals surface area contributed by atoms with Crippen molar-refractivity contribution in [3.05, 3.63) is 34.3 Å². The summed E-state index contributed by atoms with van der Waals surface area (Å²) >= 11 is 5.92. The molecule has 84 valence electrons. The highest BCUT2D eigenvalue weighted by Gasteiger charge is 2.12. The van der Waals surface area contributed by atoms with E-state index < -0.39 is 0 Å². The van der Waals surface area contributed by atoms with Gasteiger partial charge in [-0.1, -0.05) is 31.5 Å². The molecular weight excluding hydrogens is 208 g/mol. The van der Waals surface area contributed by atoms with Gasteiger partial charge in [0, 0.05) is 23.7 Å². The average molecular weight is 227 g/mol. The van der Waals surface area contributed by atoms with Crippen LogP contribution < -0.4 is 11.1 Å². The zero-order valence-electron chi connectivity index (χ0n) is 9.55. The molecule has 0 spiro atoms. The summed E-state index contributed by atoms with van der Waals surface area (Å²) in [5.41, 5.74) is 8.18. The van der Waals surface area contributed by atoms with Crippen molar-refractivity contribution >= 4 is 11.6 Å². The number of halogens is 1. The van der Waals surface area contributed by atoms with Gasteiger partial charge in [0.2, 0.25) is 0 Å². The molecule has 0 heterocycles. The van der Waals surface area contributed by atoms with E-state index in [0.717, 1.165) is 5.02 Å². The van der Waals surface area contributed by atoms with Crippen LogP contribution in [0.3, 0.4) is 0 Å². The molecule has 0 saturated carbocycles. The topological polar surface area (TPSA) is 38.0 Å². The number of hydrogen-bond acceptors (Lipinski definition) is 2. The van der Waals surface area contributed by atoms with Crippen LogP contribution in [0.2, 0.25) is 5.02 Å². The van der Waals surface area contributed by atoms with E-state index in [9.17, 15) is 0 Å². The predicted octanol–water partition coefficient (Wildman–Crippen LogP) is 2.65. The van der Waals surface area contributed by atoms with Crippen molar-refractivity contribution in [1.82, 2.24) is 5.32 Å². The Kier molecular flexibility index (Phi) is 4.58. The molecule has 1 aromatic carbocycles. The standard InChI is InChI=1S/C12H19ClN2/c1-8(2)15-12(7-14)11-5-4-10(13)6-9(11)3/h4-6,8,12,15H,7,14H2,1-3H3. The molecule has 0 aliphatic heterocycles. The van der Waals surface area contributed by atoms with Crippen molar-refractivity contribution in [2.24, 2.45) is 5.73 Å². The second kappa shape index (κ2) is 5.50. The van der Waals surface area contributed by atoms with Crippen molar-refractivity contribution in [3.63, 3.8) is 0 Å². The number of aryl methyl sites for hydroxylation is 1. The number of rotatable bonds is 4. The van der Waals surface area contributed by atoms with Gasteiger partial charge in [-0.3, -0.25) is 0 Å². The van der Waals surface area contributed by atoms with Gasteiger partial charge in [-0.05, 0) is 30.2 Å². The summed E-state index contributed by atoms with van der Waals surface area (Å²) < 4.78 is 0. The predicted molar refractivity (Wildman–Crippen MR) is 66.3 cm³/mol. The van der Waals surface area contributed by atoms with E-state index in [1.165, 1.54) is 11.1 Å². The van der Waals surface area contributed by atoms with E-state index >= 15 is 0 Å². The molecule has 0 aliphatic carbocycles. The van der Waals surface area contributed by atoms with Crippen LogP contribution in [0.25, 0.3) is 0 Å². The van der Waals surface area contributed by atoms with Crippen LogP contribution in [0.1, 0.15) is 31.0 Å². The van der Waals surface area contributed by atoms with Crippen molar-refractivity contribution in [3.8, 4) is 0 Å². The van der Waals surface area contributed by atoms with Gasteiger partial charge in [-0.25, -0.2) is 0 Å². The third-order valence-corrected chi connectivity index (χ3v) is 2.61. The molecule has 0 radical (unpaired) electrons. The Hall–Kier alpha value is -0.570. The minimum atomic E-state index is 0.210. The molecule has 0 fully saturated rings. The summed E-state index contributed by atoms with van der Waals surface area (Å²) in [5, 5.41) is 4.21. The van der Waals surface area contributed by atoms with E-state index in [-0.39, 0.29) is 6.04 Å². The Labute approximate surface area is 96.8 Å². The first-order chi connectivity index (χ1) is 7.04. The van der Waals surface area contributed by atoms with Gasteiger partial charge in [0.25, 0.3) is 0 Å². The molecule has 0 amide bonds. The second-order valence-corrected chi connectivity index (χ2v) is 4.55. The lowest BCUT2D eigenvalue weighted by atomic mass is 10.0. The molecular formula is C12H19ClN2. The monoisotopic (exact) mass is 226 g/mol. The van der Waals surface area contributed by atoms with Crippen molar-refractivity contribution < 1.29 is 0 Å². The minimum Gasteiger partial charge on any atom is -0.329 e. The number of nitrogens with one attached hydrogen (secondary N) is 1. The van der Waals surface area contributed by atoms with E-state index in [4.69, 9.17) is 17.3 Å². The largest absolute Gasteiger partial charge is 0.329 e. The number of nitrogens with two attached hydrogens (primary N) is 1. The number of hydrogen-bond donors (Lipinski definition) is 2. The van der Waals surface area contributed by atoms with E-state index in [0.29, 0.717) is 12.6 Å². The van der Waals surface area contributed by atoms with Gasteiger partial charge in [0.05, 0.1) is 0 Å². The minimum absolute atomic E-state index is 0.210. The smallest absolute Gasteiger partial charge is 0.0449 e. The first kappa shape index (κ1) is 12.5. The Morgan fingerprint density at radius 1 is 1.40 bits per heavy atom. The van der Waals surface area contributed by atoms with Crippen LogP contribution in [0.4, 0.5) is 0 Å². The van der Waals surface area contributed by atoms with Gasteiger partial charge in [-0.2, -0.15) is 0 Å². The van der Waals surface area contributed by atoms with Gasteiger partial charge >= 0.3 is 0 Å². The molecule has 1 atom stereocenters. The molecule has 0 aromatic heterocycles. The first-order valence-corrected chi connectivity index (χ1v) is 5.64. The Morgan fingerprint density at radius 3 is 2.53 bits per heavy atom.